The van der Waals surface area contributed by atoms with Gasteiger partial charge in [0.2, 0.25) is 0 Å². The maximum atomic E-state index is 13.6. The summed E-state index contributed by atoms with van der Waals surface area (Å²) in [6.45, 7) is 1.15. The lowest BCUT2D eigenvalue weighted by atomic mass is 9.91. The number of nitrogens with two attached hydrogens (primary N) is 1. The van der Waals surface area contributed by atoms with Crippen molar-refractivity contribution in [2.24, 2.45) is 5.73 Å². The van der Waals surface area contributed by atoms with Crippen molar-refractivity contribution in [2.45, 2.75) is 18.5 Å². The molecular weight excluding hydrogens is 338 g/mol. The van der Waals surface area contributed by atoms with Crippen LogP contribution in [0.3, 0.4) is 0 Å². The van der Waals surface area contributed by atoms with E-state index in [9.17, 15) is 13.6 Å². The number of carbonyl (C=O) groups excluding carboxylic acids is 1. The van der Waals surface area contributed by atoms with Crippen molar-refractivity contribution in [1.29, 1.82) is 5.41 Å². The number of anilines is 1. The van der Waals surface area contributed by atoms with E-state index < -0.39 is 17.9 Å². The zero-order valence-corrected chi connectivity index (χ0v) is 14.1. The molecule has 1 aromatic rings. The number of halogens is 2. The van der Waals surface area contributed by atoms with E-state index in [4.69, 9.17) is 11.1 Å². The lowest BCUT2D eigenvalue weighted by Crippen LogP contribution is -2.36. The smallest absolute Gasteiger partial charge is 0.250 e. The van der Waals surface area contributed by atoms with Gasteiger partial charge in [0, 0.05) is 30.5 Å². The van der Waals surface area contributed by atoms with Crippen molar-refractivity contribution in [3.05, 3.63) is 65.2 Å². The topological polar surface area (TPSA) is 91.0 Å². The molecule has 0 radical (unpaired) electrons. The molecule has 3 rings (SSSR count). The molecule has 2 atom stereocenters. The van der Waals surface area contributed by atoms with Gasteiger partial charge in [-0.2, -0.15) is 0 Å². The van der Waals surface area contributed by atoms with Gasteiger partial charge in [-0.3, -0.25) is 10.2 Å². The SMILES string of the molecule is N=C1C(C(N)=O)=CC(F)=C/C1=C/Nc1ccc([C@H]2CNCC(F)C2)cc1. The number of piperidine rings is 1. The number of rotatable bonds is 4. The van der Waals surface area contributed by atoms with Crippen LogP contribution in [0.15, 0.2) is 59.6 Å². The predicted molar refractivity (Wildman–Crippen MR) is 97.5 cm³/mol. The number of hydrogen-bond donors (Lipinski definition) is 4. The van der Waals surface area contributed by atoms with E-state index >= 15 is 0 Å². The van der Waals surface area contributed by atoms with E-state index in [0.29, 0.717) is 13.0 Å². The van der Waals surface area contributed by atoms with Crippen LogP contribution in [0.4, 0.5) is 14.5 Å². The molecule has 5 N–H and O–H groups in total. The molecule has 0 saturated carbocycles. The van der Waals surface area contributed by atoms with Crippen LogP contribution in [-0.2, 0) is 4.79 Å². The third-order valence-corrected chi connectivity index (χ3v) is 4.47. The second-order valence-corrected chi connectivity index (χ2v) is 6.38. The van der Waals surface area contributed by atoms with E-state index in [2.05, 4.69) is 10.6 Å². The molecule has 0 aromatic heterocycles. The summed E-state index contributed by atoms with van der Waals surface area (Å²) in [4.78, 5) is 11.3. The Balaban J connectivity index is 1.70. The summed E-state index contributed by atoms with van der Waals surface area (Å²) < 4.78 is 27.1. The molecule has 1 unspecified atom stereocenters. The van der Waals surface area contributed by atoms with Gasteiger partial charge in [0.15, 0.2) is 0 Å². The Morgan fingerprint density at radius 2 is 2.00 bits per heavy atom. The molecular formula is C19H20F2N4O. The second-order valence-electron chi connectivity index (χ2n) is 6.38. The largest absolute Gasteiger partial charge is 0.366 e. The van der Waals surface area contributed by atoms with Crippen molar-refractivity contribution < 1.29 is 13.6 Å². The van der Waals surface area contributed by atoms with Gasteiger partial charge in [0.1, 0.15) is 12.0 Å². The highest BCUT2D eigenvalue weighted by molar-refractivity contribution is 6.28. The van der Waals surface area contributed by atoms with E-state index in [1.807, 2.05) is 24.3 Å². The molecule has 1 fully saturated rings. The van der Waals surface area contributed by atoms with Gasteiger partial charge < -0.3 is 16.4 Å². The number of primary amides is 1. The van der Waals surface area contributed by atoms with Crippen molar-refractivity contribution in [1.82, 2.24) is 5.32 Å². The van der Waals surface area contributed by atoms with Crippen molar-refractivity contribution in [2.75, 3.05) is 18.4 Å². The Hall–Kier alpha value is -2.80. The fraction of sp³-hybridized carbons (Fsp3) is 0.263. The zero-order valence-electron chi connectivity index (χ0n) is 14.1. The number of hydrogen-bond acceptors (Lipinski definition) is 4. The normalized spacial score (nSPS) is 24.8. The molecule has 1 heterocycles. The summed E-state index contributed by atoms with van der Waals surface area (Å²) >= 11 is 0. The molecule has 1 saturated heterocycles. The molecule has 0 bridgehead atoms. The highest BCUT2D eigenvalue weighted by atomic mass is 19.1. The van der Waals surface area contributed by atoms with Gasteiger partial charge in [0.25, 0.3) is 5.91 Å². The van der Waals surface area contributed by atoms with Gasteiger partial charge in [-0.05, 0) is 42.2 Å². The Morgan fingerprint density at radius 1 is 1.27 bits per heavy atom. The average molecular weight is 358 g/mol. The highest BCUT2D eigenvalue weighted by Crippen LogP contribution is 2.26. The molecule has 0 spiro atoms. The molecule has 1 aliphatic carbocycles. The average Bonchev–Trinajstić information content (AvgIpc) is 2.62. The van der Waals surface area contributed by atoms with E-state index in [1.54, 1.807) is 0 Å². The first-order valence-electron chi connectivity index (χ1n) is 8.33. The maximum absolute atomic E-state index is 13.6. The monoisotopic (exact) mass is 358 g/mol. The molecule has 26 heavy (non-hydrogen) atoms. The summed E-state index contributed by atoms with van der Waals surface area (Å²) in [7, 11) is 0. The van der Waals surface area contributed by atoms with Crippen LogP contribution in [0.2, 0.25) is 0 Å². The van der Waals surface area contributed by atoms with Crippen LogP contribution in [0.1, 0.15) is 17.9 Å². The van der Waals surface area contributed by atoms with Crippen LogP contribution in [0.25, 0.3) is 0 Å². The summed E-state index contributed by atoms with van der Waals surface area (Å²) in [6.07, 6.45) is 3.24. The van der Waals surface area contributed by atoms with Crippen LogP contribution >= 0.6 is 0 Å². The van der Waals surface area contributed by atoms with Gasteiger partial charge >= 0.3 is 0 Å². The van der Waals surface area contributed by atoms with E-state index in [0.717, 1.165) is 29.9 Å². The van der Waals surface area contributed by atoms with E-state index in [-0.39, 0.29) is 22.8 Å². The fourth-order valence-corrected chi connectivity index (χ4v) is 3.09. The van der Waals surface area contributed by atoms with Crippen LogP contribution in [-0.4, -0.2) is 30.9 Å². The van der Waals surface area contributed by atoms with Crippen LogP contribution < -0.4 is 16.4 Å². The minimum Gasteiger partial charge on any atom is -0.366 e. The number of allylic oxidation sites excluding steroid dienone is 4. The maximum Gasteiger partial charge on any atom is 0.250 e. The number of alkyl halides is 1. The van der Waals surface area contributed by atoms with Crippen LogP contribution in [0.5, 0.6) is 0 Å². The van der Waals surface area contributed by atoms with E-state index in [1.165, 1.54) is 6.20 Å². The van der Waals surface area contributed by atoms with Crippen molar-refractivity contribution in [3.63, 3.8) is 0 Å². The van der Waals surface area contributed by atoms with Gasteiger partial charge in [-0.25, -0.2) is 8.78 Å². The quantitative estimate of drug-likeness (QED) is 0.667. The number of carbonyl (C=O) groups is 1. The molecule has 136 valence electrons. The lowest BCUT2D eigenvalue weighted by molar-refractivity contribution is -0.114. The summed E-state index contributed by atoms with van der Waals surface area (Å²) in [6, 6.07) is 7.52. The Morgan fingerprint density at radius 3 is 2.65 bits per heavy atom. The predicted octanol–water partition coefficient (Wildman–Crippen LogP) is 2.70. The molecule has 1 aromatic carbocycles. The highest BCUT2D eigenvalue weighted by Gasteiger charge is 2.22. The van der Waals surface area contributed by atoms with Gasteiger partial charge in [0.05, 0.1) is 11.3 Å². The minimum absolute atomic E-state index is 0.134. The number of benzene rings is 1. The minimum atomic E-state index is -0.847. The molecule has 2 aliphatic rings. The fourth-order valence-electron chi connectivity index (χ4n) is 3.09. The zero-order chi connectivity index (χ0) is 18.7. The standard InChI is InChI=1S/C19H20F2N4O/c20-14-6-13(18(22)17(7-14)19(23)26)9-25-16-3-1-11(2-4-16)12-5-15(21)10-24-8-12/h1-4,6-7,9,12,15,22,24-25H,5,8,10H2,(H2,23,26)/b13-9-,22-18?/t12-,15?/m1/s1. The van der Waals surface area contributed by atoms with Gasteiger partial charge in [-0.15, -0.1) is 0 Å². The summed E-state index contributed by atoms with van der Waals surface area (Å²) in [5.74, 6) is -1.34. The Kier molecular flexibility index (Phi) is 5.27. The summed E-state index contributed by atoms with van der Waals surface area (Å²) in [5, 5.41) is 14.0. The molecule has 5 nitrogen and oxygen atoms in total. The second kappa shape index (κ2) is 7.61. The van der Waals surface area contributed by atoms with Crippen LogP contribution in [0, 0.1) is 5.41 Å². The molecule has 7 heteroatoms. The molecule has 1 aliphatic heterocycles. The lowest BCUT2D eigenvalue weighted by Gasteiger charge is -2.26. The third-order valence-electron chi connectivity index (χ3n) is 4.47. The van der Waals surface area contributed by atoms with Gasteiger partial charge in [-0.1, -0.05) is 12.1 Å². The Labute approximate surface area is 150 Å². The van der Waals surface area contributed by atoms with Crippen molar-refractivity contribution in [3.8, 4) is 0 Å². The first-order valence-corrected chi connectivity index (χ1v) is 8.33. The van der Waals surface area contributed by atoms with Crippen molar-refractivity contribution >= 4 is 17.3 Å². The first-order chi connectivity index (χ1) is 12.4. The summed E-state index contributed by atoms with van der Waals surface area (Å²) in [5.41, 5.74) is 6.87. The third kappa shape index (κ3) is 4.05. The number of amides is 1. The first kappa shape index (κ1) is 18.0. The number of nitrogens with one attached hydrogen (secondary N) is 3. The molecule has 1 amide bonds. The Bertz CT molecular complexity index is 811.